The van der Waals surface area contributed by atoms with Gasteiger partial charge in [-0.2, -0.15) is 0 Å². The molecular weight excluding hydrogens is 347 g/mol. The highest BCUT2D eigenvalue weighted by atomic mass is 19.1. The van der Waals surface area contributed by atoms with Crippen molar-refractivity contribution in [2.75, 3.05) is 0 Å². The van der Waals surface area contributed by atoms with Crippen molar-refractivity contribution in [2.24, 2.45) is 5.92 Å². The first-order valence-corrected chi connectivity index (χ1v) is 8.71. The van der Waals surface area contributed by atoms with E-state index in [4.69, 9.17) is 0 Å². The Morgan fingerprint density at radius 1 is 1.15 bits per heavy atom. The number of pyridine rings is 1. The predicted octanol–water partition coefficient (Wildman–Crippen LogP) is 2.54. The first-order chi connectivity index (χ1) is 12.9. The fourth-order valence-corrected chi connectivity index (χ4v) is 2.72. The van der Waals surface area contributed by atoms with E-state index in [9.17, 15) is 14.0 Å². The molecule has 2 aromatic heterocycles. The number of rotatable bonds is 6. The van der Waals surface area contributed by atoms with Crippen molar-refractivity contribution in [3.8, 4) is 0 Å². The van der Waals surface area contributed by atoms with Crippen LogP contribution in [0.1, 0.15) is 29.9 Å². The molecule has 2 heterocycles. The molecular formula is C20H21FN4O2. The van der Waals surface area contributed by atoms with Crippen LogP contribution in [0.3, 0.4) is 0 Å². The summed E-state index contributed by atoms with van der Waals surface area (Å²) in [7, 11) is 0. The molecule has 6 nitrogen and oxygen atoms in total. The molecule has 27 heavy (non-hydrogen) atoms. The number of nitrogens with one attached hydrogen (secondary N) is 2. The van der Waals surface area contributed by atoms with Gasteiger partial charge in [-0.3, -0.25) is 9.59 Å². The van der Waals surface area contributed by atoms with Crippen molar-refractivity contribution in [1.29, 1.82) is 0 Å². The van der Waals surface area contributed by atoms with Crippen molar-refractivity contribution in [3.05, 3.63) is 71.9 Å². The van der Waals surface area contributed by atoms with Gasteiger partial charge in [-0.05, 0) is 42.3 Å². The number of hydrogen-bond acceptors (Lipinski definition) is 3. The third-order valence-corrected chi connectivity index (χ3v) is 4.20. The lowest BCUT2D eigenvalue weighted by Crippen LogP contribution is -2.49. The number of carbonyl (C=O) groups is 2. The highest BCUT2D eigenvalue weighted by Gasteiger charge is 2.24. The van der Waals surface area contributed by atoms with Crippen LogP contribution in [0.2, 0.25) is 0 Å². The summed E-state index contributed by atoms with van der Waals surface area (Å²) < 4.78 is 14.9. The topological polar surface area (TPSA) is 75.5 Å². The van der Waals surface area contributed by atoms with Gasteiger partial charge in [0, 0.05) is 18.0 Å². The summed E-state index contributed by atoms with van der Waals surface area (Å²) in [6.45, 7) is 3.95. The molecule has 1 aromatic carbocycles. The van der Waals surface area contributed by atoms with Gasteiger partial charge in [0.1, 0.15) is 17.5 Å². The van der Waals surface area contributed by atoms with E-state index in [0.29, 0.717) is 5.56 Å². The molecule has 0 aliphatic rings. The largest absolute Gasteiger partial charge is 0.349 e. The number of benzene rings is 1. The maximum absolute atomic E-state index is 13.0. The van der Waals surface area contributed by atoms with E-state index in [1.165, 1.54) is 24.3 Å². The predicted molar refractivity (Wildman–Crippen MR) is 99.5 cm³/mol. The Kier molecular flexibility index (Phi) is 5.49. The van der Waals surface area contributed by atoms with Crippen LogP contribution in [0.4, 0.5) is 4.39 Å². The van der Waals surface area contributed by atoms with Gasteiger partial charge in [-0.1, -0.05) is 19.9 Å². The number of carbonyl (C=O) groups excluding carboxylic acids is 2. The summed E-state index contributed by atoms with van der Waals surface area (Å²) in [6, 6.07) is 10.2. The van der Waals surface area contributed by atoms with Crippen LogP contribution in [-0.2, 0) is 11.3 Å². The molecule has 0 bridgehead atoms. The van der Waals surface area contributed by atoms with E-state index >= 15 is 0 Å². The quantitative estimate of drug-likeness (QED) is 0.702. The van der Waals surface area contributed by atoms with E-state index in [1.54, 1.807) is 0 Å². The second-order valence-corrected chi connectivity index (χ2v) is 6.62. The SMILES string of the molecule is CC(C)[C@H](NC(=O)c1ccc(F)cc1)C(=O)NCc1cn2ccccc2n1. The zero-order valence-corrected chi connectivity index (χ0v) is 15.1. The first-order valence-electron chi connectivity index (χ1n) is 8.71. The van der Waals surface area contributed by atoms with Gasteiger partial charge in [-0.15, -0.1) is 0 Å². The molecule has 3 rings (SSSR count). The Labute approximate surface area is 156 Å². The van der Waals surface area contributed by atoms with E-state index in [-0.39, 0.29) is 18.4 Å². The van der Waals surface area contributed by atoms with Crippen LogP contribution in [0.15, 0.2) is 54.9 Å². The van der Waals surface area contributed by atoms with Gasteiger partial charge < -0.3 is 15.0 Å². The third-order valence-electron chi connectivity index (χ3n) is 4.20. The first kappa shape index (κ1) is 18.6. The maximum atomic E-state index is 13.0. The van der Waals surface area contributed by atoms with Gasteiger partial charge in [0.25, 0.3) is 5.91 Å². The lowest BCUT2D eigenvalue weighted by molar-refractivity contribution is -0.124. The van der Waals surface area contributed by atoms with Crippen LogP contribution in [0.5, 0.6) is 0 Å². The number of imidazole rings is 1. The summed E-state index contributed by atoms with van der Waals surface area (Å²) in [5.41, 5.74) is 1.82. The minimum Gasteiger partial charge on any atom is -0.349 e. The fourth-order valence-electron chi connectivity index (χ4n) is 2.72. The maximum Gasteiger partial charge on any atom is 0.251 e. The second kappa shape index (κ2) is 7.99. The minimum atomic E-state index is -0.709. The Morgan fingerprint density at radius 2 is 1.89 bits per heavy atom. The van der Waals surface area contributed by atoms with Crippen molar-refractivity contribution in [1.82, 2.24) is 20.0 Å². The molecule has 3 aromatic rings. The van der Waals surface area contributed by atoms with Gasteiger partial charge >= 0.3 is 0 Å². The lowest BCUT2D eigenvalue weighted by atomic mass is 10.0. The van der Waals surface area contributed by atoms with Crippen molar-refractivity contribution < 1.29 is 14.0 Å². The Balaban J connectivity index is 1.64. The zero-order chi connectivity index (χ0) is 19.4. The standard InChI is InChI=1S/C20H21FN4O2/c1-13(2)18(24-19(26)14-6-8-15(21)9-7-14)20(27)22-11-16-12-25-10-4-3-5-17(25)23-16/h3-10,12-13,18H,11H2,1-2H3,(H,22,27)(H,24,26)/t18-/m0/s1. The third kappa shape index (κ3) is 4.49. The number of fused-ring (bicyclic) bond motifs is 1. The number of amides is 2. The number of halogens is 1. The van der Waals surface area contributed by atoms with Crippen molar-refractivity contribution >= 4 is 17.5 Å². The van der Waals surface area contributed by atoms with E-state index in [1.807, 2.05) is 48.8 Å². The summed E-state index contributed by atoms with van der Waals surface area (Å²) in [4.78, 5) is 29.3. The molecule has 7 heteroatoms. The highest BCUT2D eigenvalue weighted by Crippen LogP contribution is 2.08. The number of nitrogens with zero attached hydrogens (tertiary/aromatic N) is 2. The van der Waals surface area contributed by atoms with E-state index < -0.39 is 17.8 Å². The molecule has 1 atom stereocenters. The number of aromatic nitrogens is 2. The number of hydrogen-bond donors (Lipinski definition) is 2. The smallest absolute Gasteiger partial charge is 0.251 e. The monoisotopic (exact) mass is 368 g/mol. The summed E-state index contributed by atoms with van der Waals surface area (Å²) in [6.07, 6.45) is 3.73. The molecule has 2 N–H and O–H groups in total. The van der Waals surface area contributed by atoms with Crippen molar-refractivity contribution in [2.45, 2.75) is 26.4 Å². The second-order valence-electron chi connectivity index (χ2n) is 6.62. The molecule has 0 saturated carbocycles. The molecule has 0 fully saturated rings. The Morgan fingerprint density at radius 3 is 2.56 bits per heavy atom. The van der Waals surface area contributed by atoms with Gasteiger partial charge in [0.05, 0.1) is 12.2 Å². The van der Waals surface area contributed by atoms with Crippen molar-refractivity contribution in [3.63, 3.8) is 0 Å². The normalized spacial score (nSPS) is 12.1. The van der Waals surface area contributed by atoms with E-state index in [0.717, 1.165) is 11.3 Å². The highest BCUT2D eigenvalue weighted by molar-refractivity contribution is 5.97. The van der Waals surface area contributed by atoms with Gasteiger partial charge in [0.15, 0.2) is 0 Å². The fraction of sp³-hybridized carbons (Fsp3) is 0.250. The summed E-state index contributed by atoms with van der Waals surface area (Å²) >= 11 is 0. The molecule has 140 valence electrons. The van der Waals surface area contributed by atoms with Crippen LogP contribution < -0.4 is 10.6 Å². The molecule has 0 unspecified atom stereocenters. The van der Waals surface area contributed by atoms with Crippen LogP contribution in [-0.4, -0.2) is 27.2 Å². The van der Waals surface area contributed by atoms with Gasteiger partial charge in [0.2, 0.25) is 5.91 Å². The molecule has 0 radical (unpaired) electrons. The average Bonchev–Trinajstić information content (AvgIpc) is 3.07. The van der Waals surface area contributed by atoms with Crippen LogP contribution in [0, 0.1) is 11.7 Å². The minimum absolute atomic E-state index is 0.115. The van der Waals surface area contributed by atoms with Crippen LogP contribution >= 0.6 is 0 Å². The Hall–Kier alpha value is -3.22. The molecule has 2 amide bonds. The molecule has 0 aliphatic heterocycles. The van der Waals surface area contributed by atoms with Gasteiger partial charge in [-0.25, -0.2) is 9.37 Å². The summed E-state index contributed by atoms with van der Waals surface area (Å²) in [5, 5.41) is 5.53. The zero-order valence-electron chi connectivity index (χ0n) is 15.1. The Bertz CT molecular complexity index is 917. The molecule has 0 spiro atoms. The molecule has 0 saturated heterocycles. The summed E-state index contributed by atoms with van der Waals surface area (Å²) in [5.74, 6) is -1.25. The average molecular weight is 368 g/mol. The lowest BCUT2D eigenvalue weighted by Gasteiger charge is -2.21. The molecule has 0 aliphatic carbocycles. The van der Waals surface area contributed by atoms with E-state index in [2.05, 4.69) is 15.6 Å². The van der Waals surface area contributed by atoms with Crippen LogP contribution in [0.25, 0.3) is 5.65 Å².